The summed E-state index contributed by atoms with van der Waals surface area (Å²) in [5, 5.41) is 0. The van der Waals surface area contributed by atoms with Crippen LogP contribution in [0.4, 0.5) is 0 Å². The molecule has 0 aliphatic carbocycles. The average Bonchev–Trinajstić information content (AvgIpc) is 2.15. The predicted molar refractivity (Wildman–Crippen MR) is 61.4 cm³/mol. The largest absolute Gasteiger partial charge is 0.261 e. The molecular weight excluding hydrogens is 198 g/mol. The van der Waals surface area contributed by atoms with Gasteiger partial charge in [-0.25, -0.2) is 0 Å². The van der Waals surface area contributed by atoms with Crippen molar-refractivity contribution in [3.05, 3.63) is 35.5 Å². The maximum atomic E-state index is 4.38. The van der Waals surface area contributed by atoms with Crippen molar-refractivity contribution in [1.29, 1.82) is 0 Å². The average molecular weight is 209 g/mol. The van der Waals surface area contributed by atoms with Crippen LogP contribution in [0.15, 0.2) is 34.9 Å². The van der Waals surface area contributed by atoms with Gasteiger partial charge in [0.25, 0.3) is 0 Å². The van der Waals surface area contributed by atoms with E-state index in [2.05, 4.69) is 50.9 Å². The summed E-state index contributed by atoms with van der Waals surface area (Å²) in [6.07, 6.45) is 0. The second kappa shape index (κ2) is 3.31. The van der Waals surface area contributed by atoms with E-state index in [0.717, 1.165) is 0 Å². The summed E-state index contributed by atoms with van der Waals surface area (Å²) < 4.78 is 1.91. The van der Waals surface area contributed by atoms with E-state index in [-0.39, 0.29) is 0 Å². The van der Waals surface area contributed by atoms with Crippen molar-refractivity contribution >= 4 is 30.3 Å². The van der Waals surface area contributed by atoms with Gasteiger partial charge in [0.05, 0.1) is 0 Å². The first-order chi connectivity index (χ1) is 6.20. The maximum Gasteiger partial charge on any atom is 0.0373 e. The first-order valence-electron chi connectivity index (χ1n) is 4.14. The third-order valence-electron chi connectivity index (χ3n) is 2.31. The second-order valence-corrected chi connectivity index (χ2v) is 4.73. The zero-order chi connectivity index (χ0) is 9.42. The molecule has 1 heterocycles. The molecule has 2 rings (SSSR count). The molecule has 0 unspecified atom stereocenters. The van der Waals surface area contributed by atoms with E-state index in [1.165, 1.54) is 21.7 Å². The number of allylic oxidation sites excluding steroid dienone is 2. The first kappa shape index (κ1) is 9.03. The van der Waals surface area contributed by atoms with Gasteiger partial charge in [-0.2, -0.15) is 0 Å². The Morgan fingerprint density at radius 3 is 2.69 bits per heavy atom. The summed E-state index contributed by atoms with van der Waals surface area (Å²) in [6, 6.07) is 8.41. The van der Waals surface area contributed by atoms with Crippen LogP contribution in [0, 0.1) is 0 Å². The Morgan fingerprint density at radius 2 is 1.92 bits per heavy atom. The smallest absolute Gasteiger partial charge is 0.0373 e. The number of benzene rings is 1. The molecule has 0 saturated heterocycles. The third kappa shape index (κ3) is 1.46. The quantitative estimate of drug-likeness (QED) is 0.513. The fourth-order valence-electron chi connectivity index (χ4n) is 1.36. The third-order valence-corrected chi connectivity index (χ3v) is 3.85. The highest BCUT2D eigenvalue weighted by Crippen LogP contribution is 2.41. The number of rotatable bonds is 0. The van der Waals surface area contributed by atoms with Crippen molar-refractivity contribution in [2.75, 3.05) is 0 Å². The lowest BCUT2D eigenvalue weighted by molar-refractivity contribution is 0.919. The topological polar surface area (TPSA) is 3.24 Å². The number of fused-ring (bicyclic) bond motifs is 1. The highest BCUT2D eigenvalue weighted by molar-refractivity contribution is 8.05. The molecule has 0 amide bonds. The van der Waals surface area contributed by atoms with E-state index in [1.54, 1.807) is 11.9 Å². The fourth-order valence-corrected chi connectivity index (χ4v) is 2.69. The Labute approximate surface area is 88.5 Å². The van der Waals surface area contributed by atoms with Crippen LogP contribution < -0.4 is 0 Å². The SMILES string of the molecule is CC1=C(C)N(S)Sc2ccccc21. The van der Waals surface area contributed by atoms with E-state index < -0.39 is 0 Å². The summed E-state index contributed by atoms with van der Waals surface area (Å²) in [5.41, 5.74) is 3.85. The van der Waals surface area contributed by atoms with Gasteiger partial charge in [-0.15, -0.1) is 0 Å². The van der Waals surface area contributed by atoms with Gasteiger partial charge in [0.15, 0.2) is 0 Å². The van der Waals surface area contributed by atoms with Crippen LogP contribution in [-0.4, -0.2) is 3.71 Å². The van der Waals surface area contributed by atoms with Gasteiger partial charge in [-0.1, -0.05) is 31.0 Å². The zero-order valence-corrected chi connectivity index (χ0v) is 9.32. The normalized spacial score (nSPS) is 16.1. The fraction of sp³-hybridized carbons (Fsp3) is 0.200. The summed E-state index contributed by atoms with van der Waals surface area (Å²) in [7, 11) is 0. The van der Waals surface area contributed by atoms with Gasteiger partial charge in [0, 0.05) is 10.6 Å². The van der Waals surface area contributed by atoms with Gasteiger partial charge in [0.2, 0.25) is 0 Å². The van der Waals surface area contributed by atoms with Crippen LogP contribution in [0.1, 0.15) is 19.4 Å². The highest BCUT2D eigenvalue weighted by Gasteiger charge is 2.17. The molecular formula is C10H11NS2. The molecule has 3 heteroatoms. The minimum absolute atomic E-state index is 1.21. The second-order valence-electron chi connectivity index (χ2n) is 3.07. The highest BCUT2D eigenvalue weighted by atomic mass is 32.2. The number of nitrogens with zero attached hydrogens (tertiary/aromatic N) is 1. The first-order valence-corrected chi connectivity index (χ1v) is 5.31. The van der Waals surface area contributed by atoms with E-state index >= 15 is 0 Å². The van der Waals surface area contributed by atoms with Gasteiger partial charge in [0.1, 0.15) is 0 Å². The van der Waals surface area contributed by atoms with Crippen LogP contribution >= 0.6 is 24.8 Å². The van der Waals surface area contributed by atoms with Crippen molar-refractivity contribution < 1.29 is 0 Å². The van der Waals surface area contributed by atoms with E-state index in [0.29, 0.717) is 0 Å². The Kier molecular flexibility index (Phi) is 2.30. The lowest BCUT2D eigenvalue weighted by atomic mass is 10.1. The molecule has 0 radical (unpaired) electrons. The molecule has 13 heavy (non-hydrogen) atoms. The molecule has 0 N–H and O–H groups in total. The van der Waals surface area contributed by atoms with Crippen molar-refractivity contribution in [1.82, 2.24) is 3.71 Å². The lowest BCUT2D eigenvalue weighted by Crippen LogP contribution is -2.07. The van der Waals surface area contributed by atoms with Gasteiger partial charge >= 0.3 is 0 Å². The molecule has 68 valence electrons. The van der Waals surface area contributed by atoms with Crippen molar-refractivity contribution in [3.8, 4) is 0 Å². The maximum absolute atomic E-state index is 4.38. The molecule has 1 aromatic carbocycles. The summed E-state index contributed by atoms with van der Waals surface area (Å²) in [5.74, 6) is 0. The number of hydrogen-bond donors (Lipinski definition) is 1. The van der Waals surface area contributed by atoms with Crippen LogP contribution in [0.25, 0.3) is 5.57 Å². The monoisotopic (exact) mass is 209 g/mol. The van der Waals surface area contributed by atoms with Crippen LogP contribution in [0.2, 0.25) is 0 Å². The molecule has 0 saturated carbocycles. The minimum Gasteiger partial charge on any atom is -0.261 e. The van der Waals surface area contributed by atoms with Gasteiger partial charge in [-0.3, -0.25) is 3.71 Å². The summed E-state index contributed by atoms with van der Waals surface area (Å²) in [4.78, 5) is 1.28. The summed E-state index contributed by atoms with van der Waals surface area (Å²) >= 11 is 6.04. The van der Waals surface area contributed by atoms with Crippen LogP contribution in [-0.2, 0) is 0 Å². The van der Waals surface area contributed by atoms with Crippen LogP contribution in [0.3, 0.4) is 0 Å². The molecule has 0 bridgehead atoms. The number of hydrogen-bond acceptors (Lipinski definition) is 3. The Bertz CT molecular complexity index is 371. The van der Waals surface area contributed by atoms with Gasteiger partial charge in [-0.05, 0) is 43.0 Å². The van der Waals surface area contributed by atoms with Crippen molar-refractivity contribution in [2.24, 2.45) is 0 Å². The molecule has 0 aromatic heterocycles. The minimum atomic E-state index is 1.21. The van der Waals surface area contributed by atoms with Crippen molar-refractivity contribution in [2.45, 2.75) is 18.7 Å². The predicted octanol–water partition coefficient (Wildman–Crippen LogP) is 3.61. The number of thiol groups is 1. The van der Waals surface area contributed by atoms with E-state index in [9.17, 15) is 0 Å². The standard InChI is InChI=1S/C10H11NS2/c1-7-8(2)11(12)13-10-6-4-3-5-9(7)10/h3-6,12H,1-2H3. The lowest BCUT2D eigenvalue weighted by Gasteiger charge is -2.26. The molecule has 0 fully saturated rings. The Hall–Kier alpha value is -0.540. The zero-order valence-electron chi connectivity index (χ0n) is 7.61. The summed E-state index contributed by atoms with van der Waals surface area (Å²) in [6.45, 7) is 4.22. The molecule has 1 nitrogen and oxygen atoms in total. The van der Waals surface area contributed by atoms with E-state index in [1.807, 2.05) is 3.71 Å². The molecule has 0 spiro atoms. The molecule has 1 aromatic rings. The molecule has 1 aliphatic rings. The Balaban J connectivity index is 2.59. The van der Waals surface area contributed by atoms with Gasteiger partial charge < -0.3 is 0 Å². The molecule has 1 aliphatic heterocycles. The van der Waals surface area contributed by atoms with Crippen molar-refractivity contribution in [3.63, 3.8) is 0 Å². The van der Waals surface area contributed by atoms with Crippen LogP contribution in [0.5, 0.6) is 0 Å². The Morgan fingerprint density at radius 1 is 1.23 bits per heavy atom. The molecule has 0 atom stereocenters. The van der Waals surface area contributed by atoms with E-state index in [4.69, 9.17) is 0 Å².